The van der Waals surface area contributed by atoms with Gasteiger partial charge in [0, 0.05) is 26.0 Å². The summed E-state index contributed by atoms with van der Waals surface area (Å²) in [7, 11) is 1.79. The Morgan fingerprint density at radius 3 is 2.93 bits per heavy atom. The first-order chi connectivity index (χ1) is 7.25. The molecule has 0 saturated carbocycles. The molecule has 0 bridgehead atoms. The van der Waals surface area contributed by atoms with E-state index in [2.05, 4.69) is 16.2 Å². The van der Waals surface area contributed by atoms with Crippen LogP contribution >= 0.6 is 11.8 Å². The fraction of sp³-hybridized carbons (Fsp3) is 0.500. The normalized spacial score (nSPS) is 10.0. The number of hydrogen-bond acceptors (Lipinski definition) is 4. The van der Waals surface area contributed by atoms with Crippen LogP contribution in [0.3, 0.4) is 0 Å². The molecule has 0 aliphatic carbocycles. The molecule has 5 heteroatoms. The first-order valence-corrected chi connectivity index (χ1v) is 6.15. The molecule has 82 valence electrons. The van der Waals surface area contributed by atoms with Crippen LogP contribution in [-0.2, 0) is 0 Å². The molecule has 0 aliphatic rings. The van der Waals surface area contributed by atoms with Crippen LogP contribution in [-0.4, -0.2) is 46.4 Å². The number of rotatable bonds is 5. The third kappa shape index (κ3) is 3.87. The fourth-order valence-electron chi connectivity index (χ4n) is 1.15. The van der Waals surface area contributed by atoms with Crippen LogP contribution in [0.25, 0.3) is 0 Å². The largest absolute Gasteiger partial charge is 0.340 e. The quantitative estimate of drug-likeness (QED) is 0.709. The predicted molar refractivity (Wildman–Crippen MR) is 62.0 cm³/mol. The molecule has 0 unspecified atom stereocenters. The van der Waals surface area contributed by atoms with Gasteiger partial charge in [-0.1, -0.05) is 0 Å². The minimum atomic E-state index is -0.0656. The van der Waals surface area contributed by atoms with Crippen LogP contribution in [0, 0.1) is 0 Å². The molecule has 0 spiro atoms. The smallest absolute Gasteiger partial charge is 0.273 e. The Hall–Kier alpha value is -1.10. The van der Waals surface area contributed by atoms with E-state index in [1.807, 2.05) is 0 Å². The van der Waals surface area contributed by atoms with Gasteiger partial charge in [0.05, 0.1) is 6.20 Å². The van der Waals surface area contributed by atoms with Gasteiger partial charge in [0.2, 0.25) is 0 Å². The van der Waals surface area contributed by atoms with E-state index < -0.39 is 0 Å². The topological polar surface area (TPSA) is 46.1 Å². The zero-order valence-electron chi connectivity index (χ0n) is 9.01. The Bertz CT molecular complexity index is 305. The number of hydrogen-bond donors (Lipinski definition) is 0. The van der Waals surface area contributed by atoms with Crippen LogP contribution in [0.4, 0.5) is 0 Å². The molecule has 0 radical (unpaired) electrons. The Labute approximate surface area is 94.1 Å². The number of aromatic nitrogens is 2. The summed E-state index contributed by atoms with van der Waals surface area (Å²) in [4.78, 5) is 21.3. The molecule has 15 heavy (non-hydrogen) atoms. The molecule has 0 aliphatic heterocycles. The Morgan fingerprint density at radius 1 is 1.53 bits per heavy atom. The summed E-state index contributed by atoms with van der Waals surface area (Å²) in [5, 5.41) is 0. The minimum Gasteiger partial charge on any atom is -0.340 e. The molecule has 1 amide bonds. The van der Waals surface area contributed by atoms with Crippen molar-refractivity contribution >= 4 is 17.7 Å². The van der Waals surface area contributed by atoms with Gasteiger partial charge in [-0.15, -0.1) is 0 Å². The lowest BCUT2D eigenvalue weighted by atomic mass is 10.3. The maximum atomic E-state index is 11.8. The van der Waals surface area contributed by atoms with Gasteiger partial charge in [-0.25, -0.2) is 4.98 Å². The molecule has 0 atom stereocenters. The molecular weight excluding hydrogens is 210 g/mol. The molecule has 1 aromatic heterocycles. The lowest BCUT2D eigenvalue weighted by Crippen LogP contribution is -2.28. The molecule has 1 rings (SSSR count). The van der Waals surface area contributed by atoms with Gasteiger partial charge in [-0.05, 0) is 18.4 Å². The lowest BCUT2D eigenvalue weighted by molar-refractivity contribution is 0.0789. The van der Waals surface area contributed by atoms with E-state index in [1.54, 1.807) is 29.9 Å². The van der Waals surface area contributed by atoms with Crippen LogP contribution in [0.1, 0.15) is 16.9 Å². The number of thioether (sulfide) groups is 1. The second-order valence-electron chi connectivity index (χ2n) is 3.16. The Balaban J connectivity index is 2.46. The summed E-state index contributed by atoms with van der Waals surface area (Å²) in [6.45, 7) is 0.760. The lowest BCUT2D eigenvalue weighted by Gasteiger charge is -2.15. The van der Waals surface area contributed by atoms with Crippen molar-refractivity contribution in [2.75, 3.05) is 25.6 Å². The van der Waals surface area contributed by atoms with Gasteiger partial charge in [-0.2, -0.15) is 11.8 Å². The summed E-state index contributed by atoms with van der Waals surface area (Å²) >= 11 is 1.79. The number of nitrogens with zero attached hydrogens (tertiary/aromatic N) is 3. The first-order valence-electron chi connectivity index (χ1n) is 4.76. The highest BCUT2D eigenvalue weighted by atomic mass is 32.2. The summed E-state index contributed by atoms with van der Waals surface area (Å²) in [6, 6.07) is 0. The fourth-order valence-corrected chi connectivity index (χ4v) is 1.57. The van der Waals surface area contributed by atoms with E-state index >= 15 is 0 Å². The zero-order chi connectivity index (χ0) is 11.1. The van der Waals surface area contributed by atoms with Crippen LogP contribution in [0.5, 0.6) is 0 Å². The Kier molecular flexibility index (Phi) is 5.10. The average Bonchev–Trinajstić information content (AvgIpc) is 2.29. The second-order valence-corrected chi connectivity index (χ2v) is 4.15. The highest BCUT2D eigenvalue weighted by Crippen LogP contribution is 2.01. The molecule has 1 heterocycles. The van der Waals surface area contributed by atoms with E-state index in [0.717, 1.165) is 18.7 Å². The van der Waals surface area contributed by atoms with Gasteiger partial charge >= 0.3 is 0 Å². The maximum Gasteiger partial charge on any atom is 0.273 e. The van der Waals surface area contributed by atoms with Crippen molar-refractivity contribution in [1.82, 2.24) is 14.9 Å². The monoisotopic (exact) mass is 225 g/mol. The van der Waals surface area contributed by atoms with Crippen molar-refractivity contribution in [2.45, 2.75) is 6.42 Å². The van der Waals surface area contributed by atoms with Crippen molar-refractivity contribution in [2.24, 2.45) is 0 Å². The van der Waals surface area contributed by atoms with Crippen molar-refractivity contribution < 1.29 is 4.79 Å². The first kappa shape index (κ1) is 12.0. The molecule has 4 nitrogen and oxygen atoms in total. The third-order valence-corrected chi connectivity index (χ3v) is 2.67. The van der Waals surface area contributed by atoms with Crippen molar-refractivity contribution in [3.8, 4) is 0 Å². The van der Waals surface area contributed by atoms with Crippen LogP contribution in [0.15, 0.2) is 18.6 Å². The molecule has 0 fully saturated rings. The standard InChI is InChI=1S/C10H15N3OS/c1-13(6-3-7-15-2)10(14)9-8-11-4-5-12-9/h4-5,8H,3,6-7H2,1-2H3. The van der Waals surface area contributed by atoms with Gasteiger partial charge in [0.25, 0.3) is 5.91 Å². The van der Waals surface area contributed by atoms with E-state index in [-0.39, 0.29) is 5.91 Å². The maximum absolute atomic E-state index is 11.8. The van der Waals surface area contributed by atoms with E-state index in [4.69, 9.17) is 0 Å². The summed E-state index contributed by atoms with van der Waals surface area (Å²) in [5.74, 6) is 1.00. The summed E-state index contributed by atoms with van der Waals surface area (Å²) < 4.78 is 0. The van der Waals surface area contributed by atoms with E-state index in [9.17, 15) is 4.79 Å². The SMILES string of the molecule is CSCCCN(C)C(=O)c1cnccn1. The number of carbonyl (C=O) groups is 1. The van der Waals surface area contributed by atoms with E-state index in [0.29, 0.717) is 5.69 Å². The molecule has 0 aromatic carbocycles. The third-order valence-electron chi connectivity index (χ3n) is 1.97. The molecule has 0 saturated heterocycles. The summed E-state index contributed by atoms with van der Waals surface area (Å²) in [5.41, 5.74) is 0.407. The second kappa shape index (κ2) is 6.40. The van der Waals surface area contributed by atoms with Crippen molar-refractivity contribution in [3.05, 3.63) is 24.3 Å². The minimum absolute atomic E-state index is 0.0656. The average molecular weight is 225 g/mol. The predicted octanol–water partition coefficient (Wildman–Crippen LogP) is 1.30. The van der Waals surface area contributed by atoms with Crippen molar-refractivity contribution in [1.29, 1.82) is 0 Å². The molecular formula is C10H15N3OS. The van der Waals surface area contributed by atoms with Gasteiger partial charge in [0.15, 0.2) is 0 Å². The number of carbonyl (C=O) groups excluding carboxylic acids is 1. The number of amides is 1. The highest BCUT2D eigenvalue weighted by molar-refractivity contribution is 7.98. The van der Waals surface area contributed by atoms with Crippen LogP contribution in [0.2, 0.25) is 0 Å². The highest BCUT2D eigenvalue weighted by Gasteiger charge is 2.11. The molecule has 1 aromatic rings. The van der Waals surface area contributed by atoms with Gasteiger partial charge in [-0.3, -0.25) is 9.78 Å². The van der Waals surface area contributed by atoms with Gasteiger partial charge < -0.3 is 4.90 Å². The van der Waals surface area contributed by atoms with E-state index in [1.165, 1.54) is 12.4 Å². The molecule has 0 N–H and O–H groups in total. The Morgan fingerprint density at radius 2 is 2.33 bits per heavy atom. The van der Waals surface area contributed by atoms with Gasteiger partial charge in [0.1, 0.15) is 5.69 Å². The summed E-state index contributed by atoms with van der Waals surface area (Å²) in [6.07, 6.45) is 7.65. The van der Waals surface area contributed by atoms with Crippen LogP contribution < -0.4 is 0 Å². The zero-order valence-corrected chi connectivity index (χ0v) is 9.83. The van der Waals surface area contributed by atoms with Crippen molar-refractivity contribution in [3.63, 3.8) is 0 Å².